The van der Waals surface area contributed by atoms with Crippen molar-refractivity contribution in [1.82, 2.24) is 14.7 Å². The Bertz CT molecular complexity index is 738. The van der Waals surface area contributed by atoms with Crippen molar-refractivity contribution >= 4 is 28.0 Å². The molecule has 2 rings (SSSR count). The van der Waals surface area contributed by atoms with E-state index in [-0.39, 0.29) is 17.6 Å². The molecule has 0 aromatic carbocycles. The number of hydrogen-bond acceptors (Lipinski definition) is 5. The zero-order valence-corrected chi connectivity index (χ0v) is 20.3. The van der Waals surface area contributed by atoms with E-state index >= 15 is 0 Å². The van der Waals surface area contributed by atoms with E-state index in [1.165, 1.54) is 0 Å². The molecular formula is C21H34BrN3O4. The van der Waals surface area contributed by atoms with Crippen molar-refractivity contribution < 1.29 is 19.1 Å². The zero-order chi connectivity index (χ0) is 22.0. The molecule has 164 valence electrons. The van der Waals surface area contributed by atoms with Crippen molar-refractivity contribution in [2.24, 2.45) is 5.41 Å². The topological polar surface area (TPSA) is 73.7 Å². The molecule has 1 aliphatic rings. The minimum Gasteiger partial charge on any atom is -0.466 e. The van der Waals surface area contributed by atoms with Gasteiger partial charge in [-0.3, -0.25) is 9.48 Å². The average molecular weight is 472 g/mol. The fourth-order valence-electron chi connectivity index (χ4n) is 3.40. The SMILES string of the molecule is CCOC(=O)C1(Cc2cn(C(C)(C)C)nc2Br)CCN(C(=O)OC(C)(C)C)CC1. The fourth-order valence-corrected chi connectivity index (χ4v) is 3.81. The van der Waals surface area contributed by atoms with Crippen LogP contribution in [0.1, 0.15) is 66.9 Å². The molecule has 1 aromatic heterocycles. The van der Waals surface area contributed by atoms with Gasteiger partial charge >= 0.3 is 12.1 Å². The molecule has 1 aromatic rings. The van der Waals surface area contributed by atoms with E-state index in [1.807, 2.05) is 38.6 Å². The lowest BCUT2D eigenvalue weighted by atomic mass is 9.74. The molecule has 1 saturated heterocycles. The minimum absolute atomic E-state index is 0.155. The summed E-state index contributed by atoms with van der Waals surface area (Å²) < 4.78 is 13.6. The number of nitrogens with zero attached hydrogens (tertiary/aromatic N) is 3. The Labute approximate surface area is 182 Å². The molecule has 0 radical (unpaired) electrons. The van der Waals surface area contributed by atoms with E-state index in [2.05, 4.69) is 41.8 Å². The van der Waals surface area contributed by atoms with Gasteiger partial charge in [-0.05, 0) is 83.7 Å². The summed E-state index contributed by atoms with van der Waals surface area (Å²) in [6, 6.07) is 0. The van der Waals surface area contributed by atoms with Crippen LogP contribution in [0.5, 0.6) is 0 Å². The number of aromatic nitrogens is 2. The first-order chi connectivity index (χ1) is 13.3. The number of rotatable bonds is 4. The van der Waals surface area contributed by atoms with Crippen molar-refractivity contribution in [3.63, 3.8) is 0 Å². The lowest BCUT2D eigenvalue weighted by Crippen LogP contribution is -2.49. The van der Waals surface area contributed by atoms with Crippen molar-refractivity contribution in [2.45, 2.75) is 78.9 Å². The normalized spacial score (nSPS) is 17.2. The molecule has 2 heterocycles. The maximum absolute atomic E-state index is 12.9. The molecule has 0 bridgehead atoms. The largest absolute Gasteiger partial charge is 0.466 e. The molecule has 0 aliphatic carbocycles. The molecule has 0 spiro atoms. The molecular weight excluding hydrogens is 438 g/mol. The van der Waals surface area contributed by atoms with Gasteiger partial charge in [0, 0.05) is 24.8 Å². The van der Waals surface area contributed by atoms with E-state index in [0.717, 1.165) is 10.2 Å². The number of halogens is 1. The van der Waals surface area contributed by atoms with Crippen LogP contribution in [0.25, 0.3) is 0 Å². The van der Waals surface area contributed by atoms with E-state index in [9.17, 15) is 9.59 Å². The highest BCUT2D eigenvalue weighted by Crippen LogP contribution is 2.39. The van der Waals surface area contributed by atoms with E-state index in [1.54, 1.807) is 4.90 Å². The average Bonchev–Trinajstić information content (AvgIpc) is 2.95. The third-order valence-corrected chi connectivity index (χ3v) is 5.70. The van der Waals surface area contributed by atoms with Gasteiger partial charge < -0.3 is 14.4 Å². The van der Waals surface area contributed by atoms with E-state index in [4.69, 9.17) is 9.47 Å². The Balaban J connectivity index is 2.21. The van der Waals surface area contributed by atoms with Gasteiger partial charge in [-0.25, -0.2) is 4.79 Å². The maximum Gasteiger partial charge on any atom is 0.410 e. The Hall–Kier alpha value is -1.57. The first kappa shape index (κ1) is 23.7. The van der Waals surface area contributed by atoms with Gasteiger partial charge in [-0.15, -0.1) is 0 Å². The second-order valence-electron chi connectivity index (χ2n) is 9.71. The predicted octanol–water partition coefficient (Wildman–Crippen LogP) is 4.52. The van der Waals surface area contributed by atoms with Crippen LogP contribution in [0, 0.1) is 5.41 Å². The third kappa shape index (κ3) is 5.96. The van der Waals surface area contributed by atoms with Gasteiger partial charge in [0.05, 0.1) is 17.6 Å². The maximum atomic E-state index is 12.9. The number of esters is 1. The van der Waals surface area contributed by atoms with Crippen LogP contribution < -0.4 is 0 Å². The Kier molecular flexibility index (Phi) is 7.08. The van der Waals surface area contributed by atoms with E-state index in [0.29, 0.717) is 39.0 Å². The first-order valence-electron chi connectivity index (χ1n) is 10.2. The molecule has 1 fully saturated rings. The van der Waals surface area contributed by atoms with Gasteiger partial charge in [0.1, 0.15) is 10.2 Å². The molecule has 0 unspecified atom stereocenters. The third-order valence-electron chi connectivity index (χ3n) is 5.04. The van der Waals surface area contributed by atoms with Crippen molar-refractivity contribution in [3.8, 4) is 0 Å². The van der Waals surface area contributed by atoms with Crippen LogP contribution in [0.2, 0.25) is 0 Å². The second-order valence-corrected chi connectivity index (χ2v) is 10.5. The molecule has 0 saturated carbocycles. The van der Waals surface area contributed by atoms with Gasteiger partial charge in [-0.1, -0.05) is 0 Å². The standard InChI is InChI=1S/C21H34BrN3O4/c1-8-28-17(26)21(13-15-14-25(19(2,3)4)23-16(15)22)9-11-24(12-10-21)18(27)29-20(5,6)7/h14H,8-13H2,1-7H3. The zero-order valence-electron chi connectivity index (χ0n) is 18.7. The Morgan fingerprint density at radius 1 is 1.17 bits per heavy atom. The number of likely N-dealkylation sites (tertiary alicyclic amines) is 1. The molecule has 8 heteroatoms. The molecule has 0 atom stereocenters. The lowest BCUT2D eigenvalue weighted by molar-refractivity contribution is -0.158. The quantitative estimate of drug-likeness (QED) is 0.603. The molecule has 0 N–H and O–H groups in total. The summed E-state index contributed by atoms with van der Waals surface area (Å²) in [5.74, 6) is -0.209. The summed E-state index contributed by atoms with van der Waals surface area (Å²) in [5.41, 5.74) is -0.404. The summed E-state index contributed by atoms with van der Waals surface area (Å²) in [6.07, 6.45) is 3.23. The molecule has 7 nitrogen and oxygen atoms in total. The summed E-state index contributed by atoms with van der Waals surface area (Å²) in [5, 5.41) is 4.56. The van der Waals surface area contributed by atoms with Crippen LogP contribution >= 0.6 is 15.9 Å². The Morgan fingerprint density at radius 2 is 1.76 bits per heavy atom. The smallest absolute Gasteiger partial charge is 0.410 e. The van der Waals surface area contributed by atoms with Crippen molar-refractivity contribution in [1.29, 1.82) is 0 Å². The van der Waals surface area contributed by atoms with Crippen LogP contribution in [-0.2, 0) is 26.2 Å². The number of carbonyl (C=O) groups is 2. The van der Waals surface area contributed by atoms with Gasteiger partial charge in [0.2, 0.25) is 0 Å². The number of piperidine rings is 1. The minimum atomic E-state index is -0.678. The summed E-state index contributed by atoms with van der Waals surface area (Å²) in [6.45, 7) is 14.8. The van der Waals surface area contributed by atoms with Crippen molar-refractivity contribution in [2.75, 3.05) is 19.7 Å². The fraction of sp³-hybridized carbons (Fsp3) is 0.762. The molecule has 1 aliphatic heterocycles. The van der Waals surface area contributed by atoms with Gasteiger partial charge in [0.25, 0.3) is 0 Å². The lowest BCUT2D eigenvalue weighted by Gasteiger charge is -2.40. The highest BCUT2D eigenvalue weighted by molar-refractivity contribution is 9.10. The van der Waals surface area contributed by atoms with Crippen LogP contribution in [0.4, 0.5) is 4.79 Å². The van der Waals surface area contributed by atoms with E-state index < -0.39 is 11.0 Å². The predicted molar refractivity (Wildman–Crippen MR) is 115 cm³/mol. The number of carbonyl (C=O) groups excluding carboxylic acids is 2. The summed E-state index contributed by atoms with van der Waals surface area (Å²) in [4.78, 5) is 27.0. The van der Waals surface area contributed by atoms with Crippen LogP contribution in [0.15, 0.2) is 10.8 Å². The highest BCUT2D eigenvalue weighted by atomic mass is 79.9. The second kappa shape index (κ2) is 8.66. The van der Waals surface area contributed by atoms with Crippen LogP contribution in [0.3, 0.4) is 0 Å². The van der Waals surface area contributed by atoms with Gasteiger partial charge in [-0.2, -0.15) is 5.10 Å². The summed E-state index contributed by atoms with van der Waals surface area (Å²) in [7, 11) is 0. The highest BCUT2D eigenvalue weighted by Gasteiger charge is 2.45. The monoisotopic (exact) mass is 471 g/mol. The Morgan fingerprint density at radius 3 is 2.21 bits per heavy atom. The van der Waals surface area contributed by atoms with Crippen molar-refractivity contribution in [3.05, 3.63) is 16.4 Å². The number of amides is 1. The first-order valence-corrected chi connectivity index (χ1v) is 11.0. The van der Waals surface area contributed by atoms with Gasteiger partial charge in [0.15, 0.2) is 0 Å². The number of ether oxygens (including phenoxy) is 2. The number of hydrogen-bond donors (Lipinski definition) is 0. The van der Waals surface area contributed by atoms with Crippen LogP contribution in [-0.4, -0.2) is 52.0 Å². The molecule has 29 heavy (non-hydrogen) atoms. The molecule has 1 amide bonds. The summed E-state index contributed by atoms with van der Waals surface area (Å²) >= 11 is 3.55.